The first kappa shape index (κ1) is 12.3. The summed E-state index contributed by atoms with van der Waals surface area (Å²) in [4.78, 5) is 0.0663. The molecule has 0 amide bonds. The van der Waals surface area contributed by atoms with Gasteiger partial charge in [0.15, 0.2) is 0 Å². The van der Waals surface area contributed by atoms with Crippen LogP contribution in [0.1, 0.15) is 13.3 Å². The van der Waals surface area contributed by atoms with Crippen molar-refractivity contribution in [2.45, 2.75) is 30.4 Å². The highest BCUT2D eigenvalue weighted by Gasteiger charge is 2.29. The average Bonchev–Trinajstić information content (AvgIpc) is 2.64. The number of hydrogen-bond acceptors (Lipinski definition) is 4. The minimum atomic E-state index is -3.59. The Labute approximate surface area is 100 Å². The van der Waals surface area contributed by atoms with Crippen LogP contribution in [0.15, 0.2) is 29.2 Å². The van der Waals surface area contributed by atoms with Crippen LogP contribution in [-0.4, -0.2) is 32.3 Å². The second-order valence-electron chi connectivity index (χ2n) is 4.09. The van der Waals surface area contributed by atoms with E-state index in [1.165, 1.54) is 24.3 Å². The fraction of sp³-hybridized carbons (Fsp3) is 0.455. The van der Waals surface area contributed by atoms with E-state index in [0.29, 0.717) is 13.0 Å². The molecule has 1 aliphatic heterocycles. The Bertz CT molecular complexity index is 500. The maximum absolute atomic E-state index is 12.0. The Kier molecular flexibility index (Phi) is 3.37. The van der Waals surface area contributed by atoms with E-state index in [9.17, 15) is 13.5 Å². The van der Waals surface area contributed by atoms with Crippen molar-refractivity contribution in [2.75, 3.05) is 6.61 Å². The maximum Gasteiger partial charge on any atom is 0.241 e. The predicted octanol–water partition coefficient (Wildman–Crippen LogP) is 0.848. The Hall–Kier alpha value is -1.11. The fourth-order valence-electron chi connectivity index (χ4n) is 1.80. The molecule has 2 unspecified atom stereocenters. The summed E-state index contributed by atoms with van der Waals surface area (Å²) in [6, 6.07) is 5.40. The molecule has 17 heavy (non-hydrogen) atoms. The summed E-state index contributed by atoms with van der Waals surface area (Å²) in [5.74, 6) is -0.0661. The lowest BCUT2D eigenvalue weighted by Crippen LogP contribution is -2.39. The summed E-state index contributed by atoms with van der Waals surface area (Å²) in [5.41, 5.74) is 0. The zero-order valence-electron chi connectivity index (χ0n) is 9.46. The first-order valence-electron chi connectivity index (χ1n) is 5.42. The summed E-state index contributed by atoms with van der Waals surface area (Å²) in [7, 11) is -3.59. The van der Waals surface area contributed by atoms with Gasteiger partial charge in [-0.3, -0.25) is 0 Å². The lowest BCUT2D eigenvalue weighted by molar-refractivity contribution is 0.117. The third-order valence-electron chi connectivity index (χ3n) is 2.81. The SMILES string of the molecule is CC1OCCC1NS(=O)(=O)c1cccc(O)c1. The molecule has 1 saturated heterocycles. The van der Waals surface area contributed by atoms with Crippen molar-refractivity contribution >= 4 is 10.0 Å². The van der Waals surface area contributed by atoms with Crippen molar-refractivity contribution in [2.24, 2.45) is 0 Å². The highest BCUT2D eigenvalue weighted by Crippen LogP contribution is 2.19. The van der Waals surface area contributed by atoms with Gasteiger partial charge in [0.05, 0.1) is 17.0 Å². The van der Waals surface area contributed by atoms with Crippen LogP contribution in [0.25, 0.3) is 0 Å². The first-order chi connectivity index (χ1) is 7.99. The van der Waals surface area contributed by atoms with E-state index in [1.807, 2.05) is 6.92 Å². The molecule has 0 aliphatic carbocycles. The number of sulfonamides is 1. The van der Waals surface area contributed by atoms with Gasteiger partial charge in [-0.2, -0.15) is 0 Å². The molecule has 2 rings (SSSR count). The van der Waals surface area contributed by atoms with Crippen LogP contribution in [0.5, 0.6) is 5.75 Å². The summed E-state index contributed by atoms with van der Waals surface area (Å²) < 4.78 is 31.9. The second kappa shape index (κ2) is 4.64. The van der Waals surface area contributed by atoms with E-state index in [4.69, 9.17) is 4.74 Å². The molecule has 1 aliphatic rings. The molecular weight excluding hydrogens is 242 g/mol. The number of hydrogen-bond donors (Lipinski definition) is 2. The van der Waals surface area contributed by atoms with Crippen LogP contribution < -0.4 is 4.72 Å². The third-order valence-corrected chi connectivity index (χ3v) is 4.30. The Morgan fingerprint density at radius 2 is 2.24 bits per heavy atom. The van der Waals surface area contributed by atoms with Crippen molar-refractivity contribution in [3.63, 3.8) is 0 Å². The molecule has 1 fully saturated rings. The smallest absolute Gasteiger partial charge is 0.241 e. The Morgan fingerprint density at radius 3 is 2.82 bits per heavy atom. The van der Waals surface area contributed by atoms with Gasteiger partial charge in [0, 0.05) is 6.61 Å². The van der Waals surface area contributed by atoms with Gasteiger partial charge in [-0.15, -0.1) is 0 Å². The molecule has 0 bridgehead atoms. The van der Waals surface area contributed by atoms with Crippen LogP contribution in [0, 0.1) is 0 Å². The molecule has 1 aromatic rings. The zero-order valence-corrected chi connectivity index (χ0v) is 10.3. The molecule has 1 aromatic carbocycles. The van der Waals surface area contributed by atoms with Gasteiger partial charge in [0.2, 0.25) is 10.0 Å². The van der Waals surface area contributed by atoms with E-state index < -0.39 is 10.0 Å². The van der Waals surface area contributed by atoms with Crippen molar-refractivity contribution in [3.8, 4) is 5.75 Å². The maximum atomic E-state index is 12.0. The molecule has 2 N–H and O–H groups in total. The molecule has 0 aromatic heterocycles. The molecule has 6 heteroatoms. The summed E-state index contributed by atoms with van der Waals surface area (Å²) in [6.07, 6.45) is 0.543. The number of rotatable bonds is 3. The van der Waals surface area contributed by atoms with E-state index in [1.54, 1.807) is 0 Å². The molecule has 94 valence electrons. The third kappa shape index (κ3) is 2.77. The molecule has 2 atom stereocenters. The lowest BCUT2D eigenvalue weighted by Gasteiger charge is -2.16. The molecule has 1 heterocycles. The van der Waals surface area contributed by atoms with E-state index in [2.05, 4.69) is 4.72 Å². The summed E-state index contributed by atoms with van der Waals surface area (Å²) in [6.45, 7) is 2.40. The lowest BCUT2D eigenvalue weighted by atomic mass is 10.2. The first-order valence-corrected chi connectivity index (χ1v) is 6.90. The van der Waals surface area contributed by atoms with Crippen molar-refractivity contribution in [3.05, 3.63) is 24.3 Å². The number of phenols is 1. The summed E-state index contributed by atoms with van der Waals surface area (Å²) in [5, 5.41) is 9.27. The number of ether oxygens (including phenoxy) is 1. The standard InChI is InChI=1S/C11H15NO4S/c1-8-11(5-6-16-8)12-17(14,15)10-4-2-3-9(13)7-10/h2-4,7-8,11-13H,5-6H2,1H3. The van der Waals surface area contributed by atoms with Crippen LogP contribution in [0.4, 0.5) is 0 Å². The zero-order chi connectivity index (χ0) is 12.5. The largest absolute Gasteiger partial charge is 0.508 e. The van der Waals surface area contributed by atoms with E-state index >= 15 is 0 Å². The molecular formula is C11H15NO4S. The minimum absolute atomic E-state index is 0.0661. The highest BCUT2D eigenvalue weighted by atomic mass is 32.2. The van der Waals surface area contributed by atoms with Crippen molar-refractivity contribution in [1.82, 2.24) is 4.72 Å². The van der Waals surface area contributed by atoms with Gasteiger partial charge in [0.1, 0.15) is 5.75 Å². The number of benzene rings is 1. The normalized spacial score (nSPS) is 25.0. The van der Waals surface area contributed by atoms with Crippen LogP contribution in [-0.2, 0) is 14.8 Å². The predicted molar refractivity (Wildman–Crippen MR) is 62.2 cm³/mol. The topological polar surface area (TPSA) is 75.6 Å². The number of nitrogens with one attached hydrogen (secondary N) is 1. The Morgan fingerprint density at radius 1 is 1.47 bits per heavy atom. The van der Waals surface area contributed by atoms with Crippen LogP contribution in [0.2, 0.25) is 0 Å². The van der Waals surface area contributed by atoms with Crippen LogP contribution >= 0.6 is 0 Å². The number of phenolic OH excluding ortho intramolecular Hbond substituents is 1. The van der Waals surface area contributed by atoms with Gasteiger partial charge in [0.25, 0.3) is 0 Å². The Balaban J connectivity index is 2.19. The highest BCUT2D eigenvalue weighted by molar-refractivity contribution is 7.89. The van der Waals surface area contributed by atoms with Gasteiger partial charge in [-0.25, -0.2) is 13.1 Å². The second-order valence-corrected chi connectivity index (χ2v) is 5.80. The van der Waals surface area contributed by atoms with Gasteiger partial charge < -0.3 is 9.84 Å². The molecule has 0 spiro atoms. The summed E-state index contributed by atoms with van der Waals surface area (Å²) >= 11 is 0. The van der Waals surface area contributed by atoms with E-state index in [-0.39, 0.29) is 22.8 Å². The molecule has 5 nitrogen and oxygen atoms in total. The minimum Gasteiger partial charge on any atom is -0.508 e. The van der Waals surface area contributed by atoms with Crippen LogP contribution in [0.3, 0.4) is 0 Å². The van der Waals surface area contributed by atoms with Gasteiger partial charge >= 0.3 is 0 Å². The van der Waals surface area contributed by atoms with Gasteiger partial charge in [-0.1, -0.05) is 6.07 Å². The quantitative estimate of drug-likeness (QED) is 0.841. The number of aromatic hydroxyl groups is 1. The van der Waals surface area contributed by atoms with E-state index in [0.717, 1.165) is 0 Å². The molecule has 0 radical (unpaired) electrons. The average molecular weight is 257 g/mol. The monoisotopic (exact) mass is 257 g/mol. The van der Waals surface area contributed by atoms with Crippen molar-refractivity contribution in [1.29, 1.82) is 0 Å². The van der Waals surface area contributed by atoms with Crippen molar-refractivity contribution < 1.29 is 18.3 Å². The fourth-order valence-corrected chi connectivity index (χ4v) is 3.18. The van der Waals surface area contributed by atoms with Gasteiger partial charge in [-0.05, 0) is 31.5 Å². The molecule has 0 saturated carbocycles.